The number of Topliss-reactive ketones (excluding diaryl/α,β-unsaturated/α-hetero) is 1. The number of carbonyl (C=O) groups is 1. The molecule has 0 N–H and O–H groups in total. The third-order valence-corrected chi connectivity index (χ3v) is 6.38. The first-order chi connectivity index (χ1) is 16.6. The zero-order valence-corrected chi connectivity index (χ0v) is 19.9. The van der Waals surface area contributed by atoms with E-state index in [9.17, 15) is 9.59 Å². The molecular formula is C29H33NO4. The predicted octanol–water partition coefficient (Wildman–Crippen LogP) is 5.29. The quantitative estimate of drug-likeness (QED) is 0.289. The van der Waals surface area contributed by atoms with Crippen LogP contribution in [-0.2, 0) is 35.5 Å². The van der Waals surface area contributed by atoms with E-state index in [2.05, 4.69) is 0 Å². The Morgan fingerprint density at radius 2 is 1.62 bits per heavy atom. The van der Waals surface area contributed by atoms with Gasteiger partial charge >= 0.3 is 0 Å². The molecule has 2 heterocycles. The molecule has 0 unspecified atom stereocenters. The Kier molecular flexibility index (Phi) is 8.45. The molecule has 0 amide bonds. The first-order valence-electron chi connectivity index (χ1n) is 12.1. The predicted molar refractivity (Wildman–Crippen MR) is 133 cm³/mol. The lowest BCUT2D eigenvalue weighted by Gasteiger charge is -2.30. The van der Waals surface area contributed by atoms with Gasteiger partial charge in [-0.15, -0.1) is 0 Å². The van der Waals surface area contributed by atoms with E-state index in [0.29, 0.717) is 44.0 Å². The fraction of sp³-hybridized carbons (Fsp3) is 0.379. The van der Waals surface area contributed by atoms with Crippen LogP contribution in [0.15, 0.2) is 71.5 Å². The van der Waals surface area contributed by atoms with Crippen molar-refractivity contribution in [1.29, 1.82) is 0 Å². The first-order valence-corrected chi connectivity index (χ1v) is 12.1. The molecule has 3 aromatic rings. The summed E-state index contributed by atoms with van der Waals surface area (Å²) in [4.78, 5) is 25.9. The zero-order chi connectivity index (χ0) is 23.8. The van der Waals surface area contributed by atoms with Crippen LogP contribution in [0.4, 0.5) is 0 Å². The number of hydrogen-bond donors (Lipinski definition) is 0. The topological polar surface area (TPSA) is 57.5 Å². The van der Waals surface area contributed by atoms with E-state index < -0.39 is 0 Å². The minimum absolute atomic E-state index is 0.0103. The van der Waals surface area contributed by atoms with E-state index in [0.717, 1.165) is 42.5 Å². The smallest absolute Gasteiger partial charge is 0.254 e. The van der Waals surface area contributed by atoms with Crippen molar-refractivity contribution < 1.29 is 14.3 Å². The SMILES string of the molecule is CC(=O)c1cc(CCCOCc2ccccc2)c(=O)n2c1CCC[C@H]2COCc1ccccc1. The lowest BCUT2D eigenvalue weighted by Crippen LogP contribution is -2.36. The van der Waals surface area contributed by atoms with Crippen LogP contribution >= 0.6 is 0 Å². The van der Waals surface area contributed by atoms with Crippen LogP contribution in [0.5, 0.6) is 0 Å². The molecule has 0 fully saturated rings. The van der Waals surface area contributed by atoms with Gasteiger partial charge in [-0.2, -0.15) is 0 Å². The second kappa shape index (κ2) is 11.9. The van der Waals surface area contributed by atoms with Crippen molar-refractivity contribution in [2.45, 2.75) is 58.3 Å². The fourth-order valence-corrected chi connectivity index (χ4v) is 4.66. The molecule has 1 atom stereocenters. The van der Waals surface area contributed by atoms with Crippen LogP contribution in [0.3, 0.4) is 0 Å². The fourth-order valence-electron chi connectivity index (χ4n) is 4.66. The molecule has 2 aromatic carbocycles. The van der Waals surface area contributed by atoms with E-state index in [1.165, 1.54) is 0 Å². The average Bonchev–Trinajstić information content (AvgIpc) is 2.86. The van der Waals surface area contributed by atoms with Crippen molar-refractivity contribution in [1.82, 2.24) is 4.57 Å². The van der Waals surface area contributed by atoms with Gasteiger partial charge in [0, 0.05) is 23.4 Å². The number of aromatic nitrogens is 1. The highest BCUT2D eigenvalue weighted by Crippen LogP contribution is 2.27. The Morgan fingerprint density at radius 1 is 0.971 bits per heavy atom. The molecule has 34 heavy (non-hydrogen) atoms. The third kappa shape index (κ3) is 6.10. The Balaban J connectivity index is 1.44. The number of hydrogen-bond acceptors (Lipinski definition) is 4. The number of fused-ring (bicyclic) bond motifs is 1. The molecule has 178 valence electrons. The van der Waals surface area contributed by atoms with Gasteiger partial charge < -0.3 is 14.0 Å². The summed E-state index contributed by atoms with van der Waals surface area (Å²) >= 11 is 0. The Morgan fingerprint density at radius 3 is 2.26 bits per heavy atom. The van der Waals surface area contributed by atoms with Gasteiger partial charge in [0.2, 0.25) is 0 Å². The van der Waals surface area contributed by atoms with Crippen molar-refractivity contribution in [2.24, 2.45) is 0 Å². The van der Waals surface area contributed by atoms with E-state index in [1.807, 2.05) is 71.3 Å². The van der Waals surface area contributed by atoms with E-state index in [1.54, 1.807) is 6.92 Å². The molecule has 0 saturated heterocycles. The summed E-state index contributed by atoms with van der Waals surface area (Å²) in [5, 5.41) is 0. The Labute approximate surface area is 201 Å². The number of rotatable bonds is 11. The summed E-state index contributed by atoms with van der Waals surface area (Å²) in [5.41, 5.74) is 4.48. The van der Waals surface area contributed by atoms with Gasteiger partial charge in [0.25, 0.3) is 5.56 Å². The van der Waals surface area contributed by atoms with Gasteiger partial charge in [-0.1, -0.05) is 60.7 Å². The van der Waals surface area contributed by atoms with Gasteiger partial charge in [-0.25, -0.2) is 0 Å². The van der Waals surface area contributed by atoms with E-state index in [4.69, 9.17) is 9.47 Å². The minimum atomic E-state index is -0.0488. The van der Waals surface area contributed by atoms with Crippen molar-refractivity contribution >= 4 is 5.78 Å². The van der Waals surface area contributed by atoms with Gasteiger partial charge in [0.15, 0.2) is 5.78 Å². The minimum Gasteiger partial charge on any atom is -0.377 e. The largest absolute Gasteiger partial charge is 0.377 e. The summed E-state index contributed by atoms with van der Waals surface area (Å²) in [6.07, 6.45) is 3.90. The lowest BCUT2D eigenvalue weighted by atomic mass is 9.94. The Bertz CT molecular complexity index is 1140. The standard InChI is InChI=1S/C29H33NO4/c1-22(31)27-18-25(14-9-17-33-19-23-10-4-2-5-11-23)29(32)30-26(15-8-16-28(27)30)21-34-20-24-12-6-3-7-13-24/h2-7,10-13,18,26H,8-9,14-17,19-21H2,1H3/t26-/m0/s1. The van der Waals surface area contributed by atoms with Crippen LogP contribution in [0.25, 0.3) is 0 Å². The van der Waals surface area contributed by atoms with Crippen molar-refractivity contribution in [3.8, 4) is 0 Å². The van der Waals surface area contributed by atoms with Gasteiger partial charge in [-0.05, 0) is 56.2 Å². The summed E-state index contributed by atoms with van der Waals surface area (Å²) in [5.74, 6) is 0.0104. The zero-order valence-electron chi connectivity index (χ0n) is 19.9. The van der Waals surface area contributed by atoms with Crippen LogP contribution < -0.4 is 5.56 Å². The van der Waals surface area contributed by atoms with Crippen LogP contribution in [0.2, 0.25) is 0 Å². The molecule has 4 rings (SSSR count). The molecule has 0 aliphatic carbocycles. The molecule has 1 aliphatic heterocycles. The third-order valence-electron chi connectivity index (χ3n) is 6.38. The number of pyridine rings is 1. The number of aryl methyl sites for hydroxylation is 1. The molecule has 0 radical (unpaired) electrons. The maximum Gasteiger partial charge on any atom is 0.254 e. The number of carbonyl (C=O) groups excluding carboxylic acids is 1. The van der Waals surface area contributed by atoms with Crippen molar-refractivity contribution in [3.05, 3.63) is 105 Å². The van der Waals surface area contributed by atoms with Crippen LogP contribution in [0, 0.1) is 0 Å². The number of benzene rings is 2. The van der Waals surface area contributed by atoms with Crippen LogP contribution in [0.1, 0.15) is 65.0 Å². The summed E-state index contributed by atoms with van der Waals surface area (Å²) in [7, 11) is 0. The second-order valence-corrected chi connectivity index (χ2v) is 8.95. The second-order valence-electron chi connectivity index (χ2n) is 8.95. The maximum absolute atomic E-state index is 13.5. The average molecular weight is 460 g/mol. The summed E-state index contributed by atoms with van der Waals surface area (Å²) in [6, 6.07) is 21.9. The van der Waals surface area contributed by atoms with Crippen LogP contribution in [-0.4, -0.2) is 23.6 Å². The first kappa shape index (κ1) is 24.1. The molecule has 5 heteroatoms. The summed E-state index contributed by atoms with van der Waals surface area (Å²) < 4.78 is 13.6. The molecule has 1 aliphatic rings. The van der Waals surface area contributed by atoms with Gasteiger partial charge in [0.1, 0.15) is 0 Å². The molecule has 1 aromatic heterocycles. The van der Waals surface area contributed by atoms with Crippen molar-refractivity contribution in [2.75, 3.05) is 13.2 Å². The van der Waals surface area contributed by atoms with Gasteiger partial charge in [0.05, 0.1) is 25.9 Å². The van der Waals surface area contributed by atoms with Crippen molar-refractivity contribution in [3.63, 3.8) is 0 Å². The number of ether oxygens (including phenoxy) is 2. The molecule has 0 bridgehead atoms. The number of ketones is 1. The lowest BCUT2D eigenvalue weighted by molar-refractivity contribution is 0.0804. The highest BCUT2D eigenvalue weighted by atomic mass is 16.5. The maximum atomic E-state index is 13.5. The molecule has 0 saturated carbocycles. The Hall–Kier alpha value is -3.02. The monoisotopic (exact) mass is 459 g/mol. The highest BCUT2D eigenvalue weighted by Gasteiger charge is 2.26. The van der Waals surface area contributed by atoms with Gasteiger partial charge in [-0.3, -0.25) is 9.59 Å². The molecular weight excluding hydrogens is 426 g/mol. The highest BCUT2D eigenvalue weighted by molar-refractivity contribution is 5.95. The molecule has 5 nitrogen and oxygen atoms in total. The molecule has 0 spiro atoms. The van der Waals surface area contributed by atoms with E-state index >= 15 is 0 Å². The normalized spacial score (nSPS) is 15.1. The number of nitrogens with zero attached hydrogens (tertiary/aromatic N) is 1. The summed E-state index contributed by atoms with van der Waals surface area (Å²) in [6.45, 7) is 3.68. The van der Waals surface area contributed by atoms with E-state index in [-0.39, 0.29) is 17.4 Å².